The molecule has 0 amide bonds. The Morgan fingerprint density at radius 1 is 1.36 bits per heavy atom. The summed E-state index contributed by atoms with van der Waals surface area (Å²) in [5, 5.41) is 0.966. The number of halogens is 1. The highest BCUT2D eigenvalue weighted by Gasteiger charge is 1.93. The fraction of sp³-hybridized carbons (Fsp3) is 0. The van der Waals surface area contributed by atoms with Gasteiger partial charge in [-0.25, -0.2) is 9.97 Å². The molecule has 0 unspecified atom stereocenters. The van der Waals surface area contributed by atoms with Gasteiger partial charge in [0.2, 0.25) is 0 Å². The van der Waals surface area contributed by atoms with Gasteiger partial charge in [0, 0.05) is 8.96 Å². The zero-order chi connectivity index (χ0) is 7.68. The Bertz CT molecular complexity index is 387. The smallest absolute Gasteiger partial charge is 0.116 e. The number of rotatable bonds is 0. The molecule has 0 saturated heterocycles. The van der Waals surface area contributed by atoms with E-state index in [0.717, 1.165) is 10.9 Å². The fourth-order valence-electron chi connectivity index (χ4n) is 0.896. The van der Waals surface area contributed by atoms with Crippen LogP contribution in [0.1, 0.15) is 0 Å². The highest BCUT2D eigenvalue weighted by molar-refractivity contribution is 14.1. The van der Waals surface area contributed by atoms with E-state index in [2.05, 4.69) is 38.8 Å². The van der Waals surface area contributed by atoms with Gasteiger partial charge in [-0.2, -0.15) is 0 Å². The van der Waals surface area contributed by atoms with Crippen LogP contribution in [0.25, 0.3) is 10.9 Å². The van der Waals surface area contributed by atoms with E-state index in [4.69, 9.17) is 0 Å². The second-order valence-electron chi connectivity index (χ2n) is 2.15. The van der Waals surface area contributed by atoms with Gasteiger partial charge >= 0.3 is 0 Å². The molecule has 1 aromatic heterocycles. The Morgan fingerprint density at radius 2 is 2.27 bits per heavy atom. The number of fused-ring (bicyclic) bond motifs is 1. The molecule has 2 aromatic rings. The van der Waals surface area contributed by atoms with Crippen LogP contribution >= 0.6 is 22.6 Å². The molecule has 53 valence electrons. The normalized spacial score (nSPS) is 10.3. The maximum absolute atomic E-state index is 4.09. The summed E-state index contributed by atoms with van der Waals surface area (Å²) < 4.78 is 1.18. The number of aromatic nitrogens is 2. The van der Waals surface area contributed by atoms with Crippen molar-refractivity contribution in [3.05, 3.63) is 34.3 Å². The van der Waals surface area contributed by atoms with Gasteiger partial charge in [-0.3, -0.25) is 0 Å². The zero-order valence-corrected chi connectivity index (χ0v) is 7.74. The molecule has 0 bridgehead atoms. The number of hydrogen-bond acceptors (Lipinski definition) is 2. The summed E-state index contributed by atoms with van der Waals surface area (Å²) >= 11 is 2.25. The Balaban J connectivity index is 2.83. The van der Waals surface area contributed by atoms with Crippen molar-refractivity contribution in [1.29, 1.82) is 0 Å². The van der Waals surface area contributed by atoms with Gasteiger partial charge in [-0.15, -0.1) is 0 Å². The third-order valence-electron chi connectivity index (χ3n) is 1.40. The van der Waals surface area contributed by atoms with E-state index in [1.807, 2.05) is 18.2 Å². The van der Waals surface area contributed by atoms with Crippen LogP contribution in [0.4, 0.5) is 0 Å². The molecule has 0 atom stereocenters. The molecule has 2 nitrogen and oxygen atoms in total. The maximum Gasteiger partial charge on any atom is 0.116 e. The van der Waals surface area contributed by atoms with Crippen molar-refractivity contribution in [3.8, 4) is 0 Å². The van der Waals surface area contributed by atoms with Crippen molar-refractivity contribution in [2.45, 2.75) is 0 Å². The molecule has 0 saturated carbocycles. The molecule has 0 fully saturated rings. The summed E-state index contributed by atoms with van der Waals surface area (Å²) in [6.45, 7) is 0. The molecule has 0 N–H and O–H groups in total. The Morgan fingerprint density at radius 3 is 3.18 bits per heavy atom. The van der Waals surface area contributed by atoms with E-state index < -0.39 is 0 Å². The van der Waals surface area contributed by atoms with Crippen LogP contribution in [0, 0.1) is 9.77 Å². The van der Waals surface area contributed by atoms with Crippen molar-refractivity contribution in [2.24, 2.45) is 0 Å². The first-order chi connectivity index (χ1) is 5.36. The second kappa shape index (κ2) is 2.73. The first kappa shape index (κ1) is 6.97. The van der Waals surface area contributed by atoms with E-state index in [1.165, 1.54) is 9.90 Å². The highest BCUT2D eigenvalue weighted by Crippen LogP contribution is 2.12. The second-order valence-corrected chi connectivity index (χ2v) is 3.39. The largest absolute Gasteiger partial charge is 0.236 e. The summed E-state index contributed by atoms with van der Waals surface area (Å²) in [7, 11) is 0. The van der Waals surface area contributed by atoms with Crippen LogP contribution in [0.3, 0.4) is 0 Å². The molecule has 3 heteroatoms. The van der Waals surface area contributed by atoms with Crippen LogP contribution in [-0.4, -0.2) is 9.97 Å². The molecule has 11 heavy (non-hydrogen) atoms. The zero-order valence-electron chi connectivity index (χ0n) is 5.58. The third-order valence-corrected chi connectivity index (χ3v) is 2.07. The van der Waals surface area contributed by atoms with Gasteiger partial charge in [-0.1, -0.05) is 0 Å². The number of benzene rings is 1. The Hall–Kier alpha value is -0.710. The molecule has 0 aliphatic heterocycles. The third kappa shape index (κ3) is 1.33. The van der Waals surface area contributed by atoms with E-state index in [-0.39, 0.29) is 0 Å². The van der Waals surface area contributed by atoms with E-state index in [9.17, 15) is 0 Å². The summed E-state index contributed by atoms with van der Waals surface area (Å²) in [5.74, 6) is 0. The lowest BCUT2D eigenvalue weighted by Crippen LogP contribution is -1.81. The quantitative estimate of drug-likeness (QED) is 0.673. The van der Waals surface area contributed by atoms with Crippen LogP contribution in [0.2, 0.25) is 0 Å². The standard InChI is InChI=1S/C8H4IN2/c9-7-2-1-6-4-10-5-11-8(6)3-7/h1-3,5H. The van der Waals surface area contributed by atoms with E-state index in [1.54, 1.807) is 0 Å². The monoisotopic (exact) mass is 255 g/mol. The molecule has 0 spiro atoms. The summed E-state index contributed by atoms with van der Waals surface area (Å²) in [6.07, 6.45) is 4.37. The minimum atomic E-state index is 0.951. The van der Waals surface area contributed by atoms with Crippen molar-refractivity contribution < 1.29 is 0 Å². The summed E-state index contributed by atoms with van der Waals surface area (Å²) in [5.41, 5.74) is 0.951. The highest BCUT2D eigenvalue weighted by atomic mass is 127. The van der Waals surface area contributed by atoms with Crippen LogP contribution in [0.5, 0.6) is 0 Å². The summed E-state index contributed by atoms with van der Waals surface area (Å²) in [6, 6.07) is 5.99. The fourth-order valence-corrected chi connectivity index (χ4v) is 1.37. The predicted molar refractivity (Wildman–Crippen MR) is 51.1 cm³/mol. The van der Waals surface area contributed by atoms with Gasteiger partial charge in [0.15, 0.2) is 0 Å². The molecule has 0 aliphatic rings. The van der Waals surface area contributed by atoms with Crippen LogP contribution < -0.4 is 0 Å². The minimum Gasteiger partial charge on any atom is -0.236 e. The van der Waals surface area contributed by atoms with Crippen LogP contribution in [-0.2, 0) is 0 Å². The van der Waals surface area contributed by atoms with Gasteiger partial charge in [-0.05, 0) is 40.8 Å². The van der Waals surface area contributed by atoms with Crippen molar-refractivity contribution in [1.82, 2.24) is 9.97 Å². The van der Waals surface area contributed by atoms with Crippen molar-refractivity contribution in [2.75, 3.05) is 0 Å². The Kier molecular flexibility index (Phi) is 1.73. The minimum absolute atomic E-state index is 0.951. The average molecular weight is 255 g/mol. The first-order valence-electron chi connectivity index (χ1n) is 3.14. The van der Waals surface area contributed by atoms with Crippen molar-refractivity contribution >= 4 is 33.5 Å². The average Bonchev–Trinajstić information content (AvgIpc) is 2.04. The SMILES string of the molecule is Ic1ccc2[c]ncnc2c1. The number of nitrogens with zero attached hydrogens (tertiary/aromatic N) is 2. The van der Waals surface area contributed by atoms with E-state index >= 15 is 0 Å². The Labute approximate surface area is 77.8 Å². The number of hydrogen-bond donors (Lipinski definition) is 0. The molecular formula is C8H4IN2. The molecule has 1 aromatic carbocycles. The predicted octanol–water partition coefficient (Wildman–Crippen LogP) is 2.03. The van der Waals surface area contributed by atoms with Crippen LogP contribution in [0.15, 0.2) is 24.5 Å². The lowest BCUT2D eigenvalue weighted by atomic mass is 10.2. The first-order valence-corrected chi connectivity index (χ1v) is 4.22. The molecule has 1 heterocycles. The van der Waals surface area contributed by atoms with Gasteiger partial charge < -0.3 is 0 Å². The van der Waals surface area contributed by atoms with Crippen molar-refractivity contribution in [3.63, 3.8) is 0 Å². The van der Waals surface area contributed by atoms with Gasteiger partial charge in [0.05, 0.1) is 5.52 Å². The lowest BCUT2D eigenvalue weighted by Gasteiger charge is -1.93. The van der Waals surface area contributed by atoms with Gasteiger partial charge in [0.25, 0.3) is 0 Å². The molecule has 1 radical (unpaired) electrons. The molecule has 0 aliphatic carbocycles. The summed E-state index contributed by atoms with van der Waals surface area (Å²) in [4.78, 5) is 7.90. The lowest BCUT2D eigenvalue weighted by molar-refractivity contribution is 1.21. The van der Waals surface area contributed by atoms with Gasteiger partial charge in [0.1, 0.15) is 12.5 Å². The van der Waals surface area contributed by atoms with E-state index in [0.29, 0.717) is 0 Å². The maximum atomic E-state index is 4.09. The topological polar surface area (TPSA) is 25.8 Å². The molecule has 2 rings (SSSR count). The molecular weight excluding hydrogens is 251 g/mol.